The molecule has 29 heavy (non-hydrogen) atoms. The van der Waals surface area contributed by atoms with Crippen molar-refractivity contribution < 1.29 is 14.6 Å². The maximum absolute atomic E-state index is 11.9. The van der Waals surface area contributed by atoms with Crippen LogP contribution in [-0.2, 0) is 16.6 Å². The highest BCUT2D eigenvalue weighted by Crippen LogP contribution is 2.22. The van der Waals surface area contributed by atoms with Gasteiger partial charge in [-0.1, -0.05) is 24.3 Å². The van der Waals surface area contributed by atoms with Gasteiger partial charge in [-0.05, 0) is 42.2 Å². The smallest absolute Gasteiger partial charge is 0.331 e. The molecule has 0 spiro atoms. The van der Waals surface area contributed by atoms with Crippen molar-refractivity contribution in [3.05, 3.63) is 71.8 Å². The second-order valence-corrected chi connectivity index (χ2v) is 7.01. The fourth-order valence-electron chi connectivity index (χ4n) is 2.75. The van der Waals surface area contributed by atoms with Gasteiger partial charge in [0.1, 0.15) is 18.2 Å². The number of hydrogen-bond acceptors (Lipinski definition) is 6. The number of aliphatic hydroxyl groups is 1. The first-order chi connectivity index (χ1) is 14.0. The standard InChI is InChI=1S/C22H19N3O3S/c1-25-19-6-4-3-5-18(19)24-22(25)17(13-23)20(26)14-28-21(27)12-9-15-7-10-16(29-2)11-8-15/h3-12,26H,14H2,1-2H3/b12-9+,20-17-. The molecule has 0 amide bonds. The van der Waals surface area contributed by atoms with E-state index in [0.29, 0.717) is 11.3 Å². The predicted molar refractivity (Wildman–Crippen MR) is 114 cm³/mol. The minimum Gasteiger partial charge on any atom is -0.507 e. The van der Waals surface area contributed by atoms with Crippen LogP contribution < -0.4 is 0 Å². The summed E-state index contributed by atoms with van der Waals surface area (Å²) in [6, 6.07) is 17.1. The topological polar surface area (TPSA) is 88.1 Å². The number of ether oxygens (including phenoxy) is 1. The van der Waals surface area contributed by atoms with Gasteiger partial charge in [0.05, 0.1) is 11.0 Å². The fourth-order valence-corrected chi connectivity index (χ4v) is 3.16. The highest BCUT2D eigenvalue weighted by atomic mass is 32.2. The number of rotatable bonds is 6. The van der Waals surface area contributed by atoms with E-state index in [-0.39, 0.29) is 11.3 Å². The molecule has 0 saturated carbocycles. The number of aliphatic hydroxyl groups excluding tert-OH is 1. The Bertz CT molecular complexity index is 1140. The number of imidazole rings is 1. The van der Waals surface area contributed by atoms with Crippen LogP contribution in [0.4, 0.5) is 0 Å². The molecular formula is C22H19N3O3S. The quantitative estimate of drug-likeness (QED) is 0.216. The van der Waals surface area contributed by atoms with Crippen molar-refractivity contribution in [3.63, 3.8) is 0 Å². The van der Waals surface area contributed by atoms with Crippen LogP contribution in [0.15, 0.2) is 65.3 Å². The lowest BCUT2D eigenvalue weighted by Gasteiger charge is -2.05. The fraction of sp³-hybridized carbons (Fsp3) is 0.136. The molecule has 6 nitrogen and oxygen atoms in total. The number of hydrogen-bond donors (Lipinski definition) is 1. The first-order valence-electron chi connectivity index (χ1n) is 8.76. The number of aromatic nitrogens is 2. The monoisotopic (exact) mass is 405 g/mol. The molecule has 0 atom stereocenters. The summed E-state index contributed by atoms with van der Waals surface area (Å²) in [6.45, 7) is -0.416. The van der Waals surface area contributed by atoms with E-state index in [9.17, 15) is 15.2 Å². The number of benzene rings is 2. The molecule has 0 aliphatic carbocycles. The Kier molecular flexibility index (Phi) is 6.37. The van der Waals surface area contributed by atoms with Gasteiger partial charge < -0.3 is 14.4 Å². The molecule has 0 unspecified atom stereocenters. The average molecular weight is 405 g/mol. The lowest BCUT2D eigenvalue weighted by atomic mass is 10.2. The summed E-state index contributed by atoms with van der Waals surface area (Å²) in [5, 5.41) is 19.8. The zero-order valence-electron chi connectivity index (χ0n) is 16.0. The van der Waals surface area contributed by atoms with Crippen molar-refractivity contribution in [1.29, 1.82) is 5.26 Å². The number of thioether (sulfide) groups is 1. The van der Waals surface area contributed by atoms with E-state index in [1.165, 1.54) is 6.08 Å². The zero-order chi connectivity index (χ0) is 20.8. The van der Waals surface area contributed by atoms with E-state index in [0.717, 1.165) is 16.0 Å². The summed E-state index contributed by atoms with van der Waals surface area (Å²) >= 11 is 1.64. The van der Waals surface area contributed by atoms with Crippen LogP contribution in [0.2, 0.25) is 0 Å². The van der Waals surface area contributed by atoms with E-state index >= 15 is 0 Å². The summed E-state index contributed by atoms with van der Waals surface area (Å²) in [5.74, 6) is -0.656. The number of allylic oxidation sites excluding steroid dienone is 1. The third-order valence-electron chi connectivity index (χ3n) is 4.29. The zero-order valence-corrected chi connectivity index (χ0v) is 16.8. The number of para-hydroxylation sites is 2. The van der Waals surface area contributed by atoms with Crippen molar-refractivity contribution in [3.8, 4) is 6.07 Å². The third-order valence-corrected chi connectivity index (χ3v) is 5.03. The molecule has 146 valence electrons. The summed E-state index contributed by atoms with van der Waals surface area (Å²) in [5.41, 5.74) is 2.36. The van der Waals surface area contributed by atoms with Gasteiger partial charge in [-0.15, -0.1) is 11.8 Å². The maximum Gasteiger partial charge on any atom is 0.331 e. The molecule has 3 rings (SSSR count). The summed E-state index contributed by atoms with van der Waals surface area (Å²) in [4.78, 5) is 17.5. The Morgan fingerprint density at radius 1 is 1.28 bits per heavy atom. The lowest BCUT2D eigenvalue weighted by molar-refractivity contribution is -0.137. The van der Waals surface area contributed by atoms with Crippen LogP contribution in [0.3, 0.4) is 0 Å². The molecular weight excluding hydrogens is 386 g/mol. The van der Waals surface area contributed by atoms with Gasteiger partial charge >= 0.3 is 5.97 Å². The number of fused-ring (bicyclic) bond motifs is 1. The molecule has 7 heteroatoms. The Balaban J connectivity index is 1.71. The molecule has 0 bridgehead atoms. The van der Waals surface area contributed by atoms with Crippen LogP contribution in [-0.4, -0.2) is 33.5 Å². The van der Waals surface area contributed by atoms with Gasteiger partial charge in [0.25, 0.3) is 0 Å². The molecule has 0 saturated heterocycles. The molecule has 0 aliphatic rings. The number of carbonyl (C=O) groups is 1. The first kappa shape index (κ1) is 20.2. The second kappa shape index (κ2) is 9.13. The minimum absolute atomic E-state index is 0.0341. The molecule has 0 radical (unpaired) electrons. The summed E-state index contributed by atoms with van der Waals surface area (Å²) < 4.78 is 6.78. The summed E-state index contributed by atoms with van der Waals surface area (Å²) in [6.07, 6.45) is 4.90. The van der Waals surface area contributed by atoms with Crippen molar-refractivity contribution in [2.24, 2.45) is 7.05 Å². The lowest BCUT2D eigenvalue weighted by Crippen LogP contribution is -2.07. The van der Waals surface area contributed by atoms with Crippen LogP contribution in [0.25, 0.3) is 22.7 Å². The van der Waals surface area contributed by atoms with E-state index in [4.69, 9.17) is 4.74 Å². The number of carbonyl (C=O) groups excluding carboxylic acids is 1. The van der Waals surface area contributed by atoms with Gasteiger partial charge in [0.15, 0.2) is 11.6 Å². The Labute approximate surface area is 172 Å². The second-order valence-electron chi connectivity index (χ2n) is 6.13. The summed E-state index contributed by atoms with van der Waals surface area (Å²) in [7, 11) is 1.76. The van der Waals surface area contributed by atoms with E-state index < -0.39 is 12.6 Å². The minimum atomic E-state index is -0.618. The number of nitriles is 1. The number of esters is 1. The van der Waals surface area contributed by atoms with Gasteiger partial charge in [-0.2, -0.15) is 5.26 Å². The van der Waals surface area contributed by atoms with Crippen LogP contribution in [0.5, 0.6) is 0 Å². The van der Waals surface area contributed by atoms with Crippen molar-refractivity contribution >= 4 is 40.4 Å². The number of aryl methyl sites for hydroxylation is 1. The van der Waals surface area contributed by atoms with Gasteiger partial charge in [0.2, 0.25) is 0 Å². The molecule has 1 N–H and O–H groups in total. The highest BCUT2D eigenvalue weighted by molar-refractivity contribution is 7.98. The SMILES string of the molecule is CSc1ccc(/C=C/C(=O)OC/C(O)=C(\C#N)c2nc3ccccc3n2C)cc1. The highest BCUT2D eigenvalue weighted by Gasteiger charge is 2.17. The number of nitrogens with zero attached hydrogens (tertiary/aromatic N) is 3. The Morgan fingerprint density at radius 3 is 2.66 bits per heavy atom. The molecule has 3 aromatic rings. The Morgan fingerprint density at radius 2 is 2.00 bits per heavy atom. The van der Waals surface area contributed by atoms with Crippen molar-refractivity contribution in [2.45, 2.75) is 4.90 Å². The van der Waals surface area contributed by atoms with Crippen LogP contribution >= 0.6 is 11.8 Å². The van der Waals surface area contributed by atoms with Gasteiger partial charge in [-0.25, -0.2) is 9.78 Å². The van der Waals surface area contributed by atoms with Crippen molar-refractivity contribution in [2.75, 3.05) is 12.9 Å². The largest absolute Gasteiger partial charge is 0.507 e. The molecule has 2 aromatic carbocycles. The third kappa shape index (κ3) is 4.68. The Hall–Kier alpha value is -3.50. The average Bonchev–Trinajstić information content (AvgIpc) is 3.08. The van der Waals surface area contributed by atoms with Gasteiger partial charge in [-0.3, -0.25) is 0 Å². The maximum atomic E-state index is 11.9. The molecule has 0 aliphatic heterocycles. The first-order valence-corrected chi connectivity index (χ1v) is 9.99. The predicted octanol–water partition coefficient (Wildman–Crippen LogP) is 4.34. The molecule has 0 fully saturated rings. The normalized spacial score (nSPS) is 12.0. The molecule has 1 aromatic heterocycles. The van der Waals surface area contributed by atoms with Crippen LogP contribution in [0, 0.1) is 11.3 Å². The van der Waals surface area contributed by atoms with Crippen molar-refractivity contribution in [1.82, 2.24) is 9.55 Å². The molecule has 1 heterocycles. The van der Waals surface area contributed by atoms with Gasteiger partial charge in [0, 0.05) is 18.0 Å². The van der Waals surface area contributed by atoms with E-state index in [2.05, 4.69) is 4.98 Å². The van der Waals surface area contributed by atoms with Crippen LogP contribution in [0.1, 0.15) is 11.4 Å². The van der Waals surface area contributed by atoms with E-state index in [1.54, 1.807) is 29.5 Å². The van der Waals surface area contributed by atoms with E-state index in [1.807, 2.05) is 60.9 Å².